The van der Waals surface area contributed by atoms with Crippen LogP contribution in [0.5, 0.6) is 0 Å². The van der Waals surface area contributed by atoms with Crippen LogP contribution in [-0.4, -0.2) is 63.0 Å². The van der Waals surface area contributed by atoms with Gasteiger partial charge in [0, 0.05) is 5.75 Å². The molecule has 1 fully saturated rings. The molecule has 11 heteroatoms. The number of aromatic nitrogens is 1. The zero-order chi connectivity index (χ0) is 27.2. The number of thioether (sulfide) groups is 1. The molecule has 3 atom stereocenters. The van der Waals surface area contributed by atoms with E-state index in [1.807, 2.05) is 44.2 Å². The van der Waals surface area contributed by atoms with Crippen molar-refractivity contribution < 1.29 is 28.3 Å². The standard InChI is InChI=1S/C26H34N4O6S/c1-16(2)20(29-25(34)36-26(3,4)5)24(33)30-15-37-14-19(30)28-22(32)18(13-17-9-7-6-8-10-17)21(31)23-27-11-12-35-23/h6-12,16,18-20H,13-15H2,1-5H3,(H,28,32)(H,29,34)/t18-,19+,20-/m0/s1. The normalized spacial score (nSPS) is 17.2. The van der Waals surface area contributed by atoms with E-state index in [0.717, 1.165) is 5.56 Å². The van der Waals surface area contributed by atoms with Crippen molar-refractivity contribution in [2.75, 3.05) is 11.6 Å². The molecule has 2 aromatic rings. The molecule has 1 aromatic carbocycles. The summed E-state index contributed by atoms with van der Waals surface area (Å²) in [5.74, 6) is -2.09. The Balaban J connectivity index is 1.75. The van der Waals surface area contributed by atoms with Crippen LogP contribution in [0.4, 0.5) is 4.79 Å². The van der Waals surface area contributed by atoms with E-state index in [0.29, 0.717) is 11.6 Å². The van der Waals surface area contributed by atoms with Gasteiger partial charge in [-0.25, -0.2) is 9.78 Å². The van der Waals surface area contributed by atoms with Crippen molar-refractivity contribution in [3.8, 4) is 0 Å². The molecule has 3 amide bonds. The summed E-state index contributed by atoms with van der Waals surface area (Å²) in [5.41, 5.74) is 0.0929. The summed E-state index contributed by atoms with van der Waals surface area (Å²) in [5, 5.41) is 5.54. The summed E-state index contributed by atoms with van der Waals surface area (Å²) in [4.78, 5) is 57.8. The summed E-state index contributed by atoms with van der Waals surface area (Å²) in [6.45, 7) is 8.87. The molecular weight excluding hydrogens is 496 g/mol. The molecule has 1 saturated heterocycles. The van der Waals surface area contributed by atoms with Gasteiger partial charge >= 0.3 is 6.09 Å². The van der Waals surface area contributed by atoms with Crippen molar-refractivity contribution in [1.82, 2.24) is 20.5 Å². The molecule has 1 aliphatic rings. The predicted octanol–water partition coefficient (Wildman–Crippen LogP) is 3.24. The summed E-state index contributed by atoms with van der Waals surface area (Å²) in [6, 6.07) is 8.33. The van der Waals surface area contributed by atoms with Crippen LogP contribution < -0.4 is 10.6 Å². The van der Waals surface area contributed by atoms with Crippen LogP contribution in [0.1, 0.15) is 50.9 Å². The van der Waals surface area contributed by atoms with E-state index in [-0.39, 0.29) is 24.1 Å². The Morgan fingerprint density at radius 2 is 1.89 bits per heavy atom. The van der Waals surface area contributed by atoms with Gasteiger partial charge in [0.25, 0.3) is 5.89 Å². The molecule has 1 aromatic heterocycles. The average molecular weight is 531 g/mol. The molecule has 3 rings (SSSR count). The summed E-state index contributed by atoms with van der Waals surface area (Å²) in [6.07, 6.45) is 1.44. The molecule has 10 nitrogen and oxygen atoms in total. The van der Waals surface area contributed by atoms with Gasteiger partial charge in [0.15, 0.2) is 0 Å². The summed E-state index contributed by atoms with van der Waals surface area (Å²) >= 11 is 1.47. The third-order valence-corrected chi connectivity index (χ3v) is 6.65. The van der Waals surface area contributed by atoms with Crippen LogP contribution in [0.25, 0.3) is 0 Å². The van der Waals surface area contributed by atoms with Gasteiger partial charge in [-0.05, 0) is 38.7 Å². The monoisotopic (exact) mass is 530 g/mol. The molecule has 0 aliphatic carbocycles. The van der Waals surface area contributed by atoms with Crippen LogP contribution >= 0.6 is 11.8 Å². The Morgan fingerprint density at radius 3 is 2.49 bits per heavy atom. The van der Waals surface area contributed by atoms with Crippen molar-refractivity contribution >= 4 is 35.5 Å². The Hall–Kier alpha value is -3.34. The van der Waals surface area contributed by atoms with E-state index in [1.54, 1.807) is 20.8 Å². The Bertz CT molecular complexity index is 1080. The van der Waals surface area contributed by atoms with Crippen LogP contribution in [0, 0.1) is 11.8 Å². The summed E-state index contributed by atoms with van der Waals surface area (Å²) < 4.78 is 10.5. The quantitative estimate of drug-likeness (QED) is 0.373. The van der Waals surface area contributed by atoms with E-state index in [9.17, 15) is 19.2 Å². The van der Waals surface area contributed by atoms with E-state index >= 15 is 0 Å². The first-order valence-electron chi connectivity index (χ1n) is 12.1. The molecule has 200 valence electrons. The highest BCUT2D eigenvalue weighted by molar-refractivity contribution is 7.99. The second kappa shape index (κ2) is 12.3. The van der Waals surface area contributed by atoms with Gasteiger partial charge in [-0.15, -0.1) is 11.8 Å². The van der Waals surface area contributed by atoms with Gasteiger partial charge in [-0.3, -0.25) is 14.4 Å². The van der Waals surface area contributed by atoms with Crippen molar-refractivity contribution in [1.29, 1.82) is 0 Å². The van der Waals surface area contributed by atoms with Crippen molar-refractivity contribution in [2.45, 2.75) is 58.8 Å². The molecule has 2 heterocycles. The van der Waals surface area contributed by atoms with Crippen LogP contribution in [0.15, 0.2) is 47.2 Å². The number of rotatable bonds is 9. The highest BCUT2D eigenvalue weighted by Crippen LogP contribution is 2.23. The number of carbonyl (C=O) groups excluding carboxylic acids is 4. The fourth-order valence-electron chi connectivity index (χ4n) is 3.82. The van der Waals surface area contributed by atoms with Gasteiger partial charge in [-0.2, -0.15) is 0 Å². The molecule has 37 heavy (non-hydrogen) atoms. The van der Waals surface area contributed by atoms with Gasteiger partial charge in [0.1, 0.15) is 30.0 Å². The van der Waals surface area contributed by atoms with Crippen LogP contribution in [-0.2, 0) is 20.7 Å². The first-order valence-corrected chi connectivity index (χ1v) is 13.3. The molecular formula is C26H34N4O6S. The van der Waals surface area contributed by atoms with Crippen molar-refractivity contribution in [3.63, 3.8) is 0 Å². The maximum Gasteiger partial charge on any atom is 0.408 e. The van der Waals surface area contributed by atoms with Crippen molar-refractivity contribution in [3.05, 3.63) is 54.2 Å². The zero-order valence-corrected chi connectivity index (χ0v) is 22.5. The minimum absolute atomic E-state index is 0.147. The van der Waals surface area contributed by atoms with Gasteiger partial charge in [-0.1, -0.05) is 44.2 Å². The first-order chi connectivity index (χ1) is 17.5. The number of alkyl carbamates (subject to hydrolysis) is 1. The lowest BCUT2D eigenvalue weighted by atomic mass is 9.94. The van der Waals surface area contributed by atoms with Gasteiger partial charge in [0.05, 0.1) is 12.1 Å². The van der Waals surface area contributed by atoms with Crippen LogP contribution in [0.2, 0.25) is 0 Å². The third-order valence-electron chi connectivity index (χ3n) is 5.64. The number of ketones is 1. The van der Waals surface area contributed by atoms with Gasteiger partial charge < -0.3 is 24.7 Å². The lowest BCUT2D eigenvalue weighted by molar-refractivity contribution is -0.137. The molecule has 2 N–H and O–H groups in total. The average Bonchev–Trinajstić information content (AvgIpc) is 3.52. The number of hydrogen-bond donors (Lipinski definition) is 2. The SMILES string of the molecule is CC(C)[C@H](NC(=O)OC(C)(C)C)C(=O)N1CSC[C@@H]1NC(=O)[C@@H](Cc1ccccc1)C(=O)c1ncco1. The summed E-state index contributed by atoms with van der Waals surface area (Å²) in [7, 11) is 0. The Labute approximate surface area is 220 Å². The van der Waals surface area contributed by atoms with Gasteiger partial charge in [0.2, 0.25) is 17.6 Å². The fraction of sp³-hybridized carbons (Fsp3) is 0.500. The number of amides is 3. The highest BCUT2D eigenvalue weighted by Gasteiger charge is 2.39. The highest BCUT2D eigenvalue weighted by atomic mass is 32.2. The number of carbonyl (C=O) groups is 4. The molecule has 0 saturated carbocycles. The van der Waals surface area contributed by atoms with Crippen molar-refractivity contribution in [2.24, 2.45) is 11.8 Å². The van der Waals surface area contributed by atoms with E-state index in [4.69, 9.17) is 9.15 Å². The molecule has 0 radical (unpaired) electrons. The molecule has 0 unspecified atom stereocenters. The second-order valence-corrected chi connectivity index (χ2v) is 11.1. The van der Waals surface area contributed by atoms with E-state index in [2.05, 4.69) is 15.6 Å². The minimum atomic E-state index is -1.09. The lowest BCUT2D eigenvalue weighted by Crippen LogP contribution is -2.57. The molecule has 0 spiro atoms. The lowest BCUT2D eigenvalue weighted by Gasteiger charge is -2.32. The predicted molar refractivity (Wildman–Crippen MR) is 139 cm³/mol. The Morgan fingerprint density at radius 1 is 1.19 bits per heavy atom. The smallest absolute Gasteiger partial charge is 0.408 e. The maximum absolute atomic E-state index is 13.5. The molecule has 0 bridgehead atoms. The zero-order valence-electron chi connectivity index (χ0n) is 21.7. The number of hydrogen-bond acceptors (Lipinski definition) is 8. The second-order valence-electron chi connectivity index (χ2n) is 10.1. The topological polar surface area (TPSA) is 131 Å². The first kappa shape index (κ1) is 28.2. The van der Waals surface area contributed by atoms with E-state index < -0.39 is 41.5 Å². The third kappa shape index (κ3) is 7.82. The largest absolute Gasteiger partial charge is 0.444 e. The maximum atomic E-state index is 13.5. The number of benzene rings is 1. The number of Topliss-reactive ketones (excluding diaryl/α,β-unsaturated/α-hetero) is 1. The van der Waals surface area contributed by atoms with E-state index in [1.165, 1.54) is 29.1 Å². The number of nitrogens with one attached hydrogen (secondary N) is 2. The number of oxazole rings is 1. The number of ether oxygens (including phenoxy) is 1. The minimum Gasteiger partial charge on any atom is -0.444 e. The fourth-order valence-corrected chi connectivity index (χ4v) is 4.92. The number of nitrogens with zero attached hydrogens (tertiary/aromatic N) is 2. The van der Waals surface area contributed by atoms with Crippen LogP contribution in [0.3, 0.4) is 0 Å². The molecule has 1 aliphatic heterocycles. The Kier molecular flexibility index (Phi) is 9.36.